The van der Waals surface area contributed by atoms with Crippen LogP contribution in [0.3, 0.4) is 0 Å². The highest BCUT2D eigenvalue weighted by molar-refractivity contribution is 7.19. The van der Waals surface area contributed by atoms with Crippen molar-refractivity contribution in [1.29, 1.82) is 5.26 Å². The van der Waals surface area contributed by atoms with Crippen LogP contribution in [-0.4, -0.2) is 16.7 Å². The number of aliphatic hydroxyl groups excluding tert-OH is 1. The zero-order valence-electron chi connectivity index (χ0n) is 13.1. The number of halogens is 5. The molecule has 27 heavy (non-hydrogen) atoms. The molecule has 2 aromatic carbocycles. The molecule has 0 aliphatic rings. The van der Waals surface area contributed by atoms with Gasteiger partial charge < -0.3 is 9.84 Å². The number of thiazole rings is 1. The van der Waals surface area contributed by atoms with Crippen LogP contribution in [0.5, 0.6) is 5.75 Å². The molecule has 0 spiro atoms. The van der Waals surface area contributed by atoms with Gasteiger partial charge in [-0.05, 0) is 12.1 Å². The zero-order valence-corrected chi connectivity index (χ0v) is 13.9. The van der Waals surface area contributed by atoms with Crippen LogP contribution in [0.15, 0.2) is 30.0 Å². The van der Waals surface area contributed by atoms with Crippen molar-refractivity contribution in [1.82, 2.24) is 4.98 Å². The van der Waals surface area contributed by atoms with E-state index in [0.29, 0.717) is 10.2 Å². The molecule has 0 radical (unpaired) electrons. The van der Waals surface area contributed by atoms with Crippen LogP contribution >= 0.6 is 11.3 Å². The van der Waals surface area contributed by atoms with E-state index in [-0.39, 0.29) is 10.6 Å². The van der Waals surface area contributed by atoms with Crippen LogP contribution in [0.25, 0.3) is 15.8 Å². The van der Waals surface area contributed by atoms with Gasteiger partial charge in [0, 0.05) is 0 Å². The van der Waals surface area contributed by atoms with E-state index >= 15 is 0 Å². The number of ether oxygens (including phenoxy) is 1. The quantitative estimate of drug-likeness (QED) is 0.224. The molecule has 138 valence electrons. The predicted molar refractivity (Wildman–Crippen MR) is 86.5 cm³/mol. The summed E-state index contributed by atoms with van der Waals surface area (Å²) >= 11 is 1.07. The first kappa shape index (κ1) is 18.6. The highest BCUT2D eigenvalue weighted by atomic mass is 32.1. The van der Waals surface area contributed by atoms with Crippen LogP contribution in [0.2, 0.25) is 0 Å². The second kappa shape index (κ2) is 7.20. The number of aliphatic hydroxyl groups is 1. The maximum Gasteiger partial charge on any atom is 0.207 e. The van der Waals surface area contributed by atoms with Crippen molar-refractivity contribution >= 4 is 27.1 Å². The molecule has 0 atom stereocenters. The average Bonchev–Trinajstić information content (AvgIpc) is 3.09. The van der Waals surface area contributed by atoms with E-state index in [9.17, 15) is 32.3 Å². The molecule has 0 saturated heterocycles. The SMILES string of the molecule is N#C/C(=C(/O)COc1c(F)c(F)c(F)c(F)c1F)c1nc2ccccc2s1. The number of hydrogen-bond acceptors (Lipinski definition) is 5. The van der Waals surface area contributed by atoms with Crippen molar-refractivity contribution in [2.45, 2.75) is 0 Å². The minimum Gasteiger partial charge on any atom is -0.507 e. The lowest BCUT2D eigenvalue weighted by Gasteiger charge is -2.10. The number of hydrogen-bond donors (Lipinski definition) is 1. The molecule has 1 heterocycles. The Bertz CT molecular complexity index is 1060. The van der Waals surface area contributed by atoms with Gasteiger partial charge in [0.1, 0.15) is 23.3 Å². The fourth-order valence-corrected chi connectivity index (χ4v) is 3.12. The van der Waals surface area contributed by atoms with Gasteiger partial charge in [-0.2, -0.15) is 14.0 Å². The van der Waals surface area contributed by atoms with Crippen molar-refractivity contribution in [3.05, 3.63) is 64.1 Å². The summed E-state index contributed by atoms with van der Waals surface area (Å²) in [5.41, 5.74) is 0.207. The smallest absolute Gasteiger partial charge is 0.207 e. The monoisotopic (exact) mass is 398 g/mol. The number of aromatic nitrogens is 1. The van der Waals surface area contributed by atoms with E-state index in [4.69, 9.17) is 0 Å². The summed E-state index contributed by atoms with van der Waals surface area (Å²) in [6.07, 6.45) is 0. The van der Waals surface area contributed by atoms with Crippen LogP contribution in [0.4, 0.5) is 22.0 Å². The van der Waals surface area contributed by atoms with E-state index in [0.717, 1.165) is 11.3 Å². The van der Waals surface area contributed by atoms with E-state index in [2.05, 4.69) is 9.72 Å². The normalized spacial score (nSPS) is 12.0. The predicted octanol–water partition coefficient (Wildman–Crippen LogP) is 4.86. The van der Waals surface area contributed by atoms with Crippen molar-refractivity contribution in [3.63, 3.8) is 0 Å². The molecule has 3 rings (SSSR count). The summed E-state index contributed by atoms with van der Waals surface area (Å²) < 4.78 is 71.7. The minimum atomic E-state index is -2.33. The Hall–Kier alpha value is -3.19. The molecule has 1 aromatic heterocycles. The van der Waals surface area contributed by atoms with E-state index in [1.807, 2.05) is 0 Å². The first-order chi connectivity index (χ1) is 12.8. The summed E-state index contributed by atoms with van der Waals surface area (Å²) in [6, 6.07) is 8.54. The summed E-state index contributed by atoms with van der Waals surface area (Å²) in [5, 5.41) is 19.4. The Morgan fingerprint density at radius 3 is 2.22 bits per heavy atom. The Morgan fingerprint density at radius 2 is 1.63 bits per heavy atom. The Kier molecular flexibility index (Phi) is 4.96. The van der Waals surface area contributed by atoms with Crippen molar-refractivity contribution in [2.75, 3.05) is 6.61 Å². The Morgan fingerprint density at radius 1 is 1.04 bits per heavy atom. The number of para-hydroxylation sites is 1. The molecule has 0 saturated carbocycles. The summed E-state index contributed by atoms with van der Waals surface area (Å²) in [7, 11) is 0. The second-order valence-electron chi connectivity index (χ2n) is 5.11. The molecular formula is C17H7F5N2O2S. The van der Waals surface area contributed by atoms with Crippen molar-refractivity contribution in [2.24, 2.45) is 0 Å². The van der Waals surface area contributed by atoms with Gasteiger partial charge in [-0.25, -0.2) is 18.2 Å². The zero-order chi connectivity index (χ0) is 19.7. The molecule has 1 N–H and O–H groups in total. The first-order valence-electron chi connectivity index (χ1n) is 7.17. The first-order valence-corrected chi connectivity index (χ1v) is 7.99. The van der Waals surface area contributed by atoms with Gasteiger partial charge in [0.2, 0.25) is 29.1 Å². The maximum atomic E-state index is 13.6. The molecule has 0 fully saturated rings. The summed E-state index contributed by atoms with van der Waals surface area (Å²) in [5.74, 6) is -13.4. The van der Waals surface area contributed by atoms with Crippen LogP contribution in [0.1, 0.15) is 5.01 Å². The second-order valence-corrected chi connectivity index (χ2v) is 6.14. The molecule has 0 bridgehead atoms. The third-order valence-corrected chi connectivity index (χ3v) is 4.48. The molecule has 0 unspecified atom stereocenters. The third kappa shape index (κ3) is 3.29. The van der Waals surface area contributed by atoms with Gasteiger partial charge in [-0.3, -0.25) is 0 Å². The highest BCUT2D eigenvalue weighted by Gasteiger charge is 2.27. The van der Waals surface area contributed by atoms with Gasteiger partial charge in [-0.15, -0.1) is 11.3 Å². The number of rotatable bonds is 4. The number of benzene rings is 2. The largest absolute Gasteiger partial charge is 0.507 e. The minimum absolute atomic E-state index is 0.109. The van der Waals surface area contributed by atoms with Crippen molar-refractivity contribution in [3.8, 4) is 11.8 Å². The van der Waals surface area contributed by atoms with Gasteiger partial charge >= 0.3 is 0 Å². The molecular weight excluding hydrogens is 391 g/mol. The number of allylic oxidation sites excluding steroid dienone is 1. The van der Waals surface area contributed by atoms with Gasteiger partial charge in [-0.1, -0.05) is 12.1 Å². The van der Waals surface area contributed by atoms with E-state index in [1.165, 1.54) is 0 Å². The van der Waals surface area contributed by atoms with Gasteiger partial charge in [0.05, 0.1) is 10.2 Å². The van der Waals surface area contributed by atoms with E-state index in [1.54, 1.807) is 30.3 Å². The summed E-state index contributed by atoms with van der Waals surface area (Å²) in [6.45, 7) is -1.00. The van der Waals surface area contributed by atoms with Crippen molar-refractivity contribution < 1.29 is 31.8 Å². The van der Waals surface area contributed by atoms with Crippen LogP contribution in [0, 0.1) is 40.4 Å². The topological polar surface area (TPSA) is 66.1 Å². The molecule has 0 amide bonds. The average molecular weight is 398 g/mol. The van der Waals surface area contributed by atoms with Crippen LogP contribution < -0.4 is 4.74 Å². The molecule has 3 aromatic rings. The van der Waals surface area contributed by atoms with E-state index < -0.39 is 47.2 Å². The maximum absolute atomic E-state index is 13.6. The molecule has 4 nitrogen and oxygen atoms in total. The number of nitrogens with zero attached hydrogens (tertiary/aromatic N) is 2. The lowest BCUT2D eigenvalue weighted by molar-refractivity contribution is 0.241. The lowest BCUT2D eigenvalue weighted by atomic mass is 10.2. The number of fused-ring (bicyclic) bond motifs is 1. The highest BCUT2D eigenvalue weighted by Crippen LogP contribution is 2.31. The fraction of sp³-hybridized carbons (Fsp3) is 0.0588. The molecule has 0 aliphatic carbocycles. The molecule has 10 heteroatoms. The van der Waals surface area contributed by atoms with Crippen LogP contribution in [-0.2, 0) is 0 Å². The fourth-order valence-electron chi connectivity index (χ4n) is 2.14. The Labute approximate surface area is 152 Å². The Balaban J connectivity index is 1.94. The number of nitriles is 1. The third-order valence-electron chi connectivity index (χ3n) is 3.43. The summed E-state index contributed by atoms with van der Waals surface area (Å²) in [4.78, 5) is 4.14. The van der Waals surface area contributed by atoms with Gasteiger partial charge in [0.25, 0.3) is 0 Å². The van der Waals surface area contributed by atoms with Gasteiger partial charge in [0.15, 0.2) is 11.5 Å². The standard InChI is InChI=1S/C17H7F5N2O2S/c18-11-12(19)14(21)16(15(22)13(11)20)26-6-9(25)7(5-23)17-24-8-3-1-2-4-10(8)27-17/h1-4,25H,6H2/b9-7-. The lowest BCUT2D eigenvalue weighted by Crippen LogP contribution is -2.10. The molecule has 0 aliphatic heterocycles.